The summed E-state index contributed by atoms with van der Waals surface area (Å²) in [6.07, 6.45) is 2.32. The van der Waals surface area contributed by atoms with Gasteiger partial charge in [0.15, 0.2) is 0 Å². The van der Waals surface area contributed by atoms with Crippen molar-refractivity contribution in [2.24, 2.45) is 0 Å². The van der Waals surface area contributed by atoms with E-state index in [0.29, 0.717) is 36.8 Å². The highest BCUT2D eigenvalue weighted by molar-refractivity contribution is 5.90. The molecular formula is C26H27ClFN3O4. The van der Waals surface area contributed by atoms with Gasteiger partial charge in [0.25, 0.3) is 0 Å². The van der Waals surface area contributed by atoms with E-state index in [-0.39, 0.29) is 37.3 Å². The fourth-order valence-electron chi connectivity index (χ4n) is 3.51. The summed E-state index contributed by atoms with van der Waals surface area (Å²) in [6.45, 7) is 3.35. The second-order valence-corrected chi connectivity index (χ2v) is 7.99. The summed E-state index contributed by atoms with van der Waals surface area (Å²) in [5, 5.41) is 6.51. The number of hydrogen-bond donors (Lipinski definition) is 1. The van der Waals surface area contributed by atoms with Crippen LogP contribution >= 0.6 is 12.4 Å². The first kappa shape index (κ1) is 26.0. The SMILES string of the molecule is Cc1cc(NC(=O)CN(CCc2cccc(OCc3cccc(F)c3)c2)Cc2ccco2)on1.Cl. The van der Waals surface area contributed by atoms with E-state index in [9.17, 15) is 9.18 Å². The molecule has 0 spiro atoms. The molecule has 4 rings (SSSR count). The minimum Gasteiger partial charge on any atom is -0.489 e. The van der Waals surface area contributed by atoms with Crippen molar-refractivity contribution >= 4 is 24.2 Å². The van der Waals surface area contributed by atoms with Crippen LogP contribution in [0.2, 0.25) is 0 Å². The zero-order valence-electron chi connectivity index (χ0n) is 19.3. The van der Waals surface area contributed by atoms with E-state index >= 15 is 0 Å². The molecule has 9 heteroatoms. The Morgan fingerprint density at radius 2 is 1.91 bits per heavy atom. The highest BCUT2D eigenvalue weighted by Crippen LogP contribution is 2.17. The minimum atomic E-state index is -0.283. The molecular weight excluding hydrogens is 473 g/mol. The fourth-order valence-corrected chi connectivity index (χ4v) is 3.51. The van der Waals surface area contributed by atoms with Crippen LogP contribution in [-0.2, 0) is 24.4 Å². The van der Waals surface area contributed by atoms with Crippen molar-refractivity contribution in [3.05, 3.63) is 101 Å². The van der Waals surface area contributed by atoms with Crippen molar-refractivity contribution in [2.75, 3.05) is 18.4 Å². The van der Waals surface area contributed by atoms with Gasteiger partial charge in [0, 0.05) is 12.6 Å². The fraction of sp³-hybridized carbons (Fsp3) is 0.231. The predicted octanol–water partition coefficient (Wildman–Crippen LogP) is 5.40. The Bertz CT molecular complexity index is 1210. The van der Waals surface area contributed by atoms with Crippen molar-refractivity contribution < 1.29 is 22.9 Å². The third kappa shape index (κ3) is 8.27. The molecule has 0 aliphatic carbocycles. The topological polar surface area (TPSA) is 80.7 Å². The molecule has 0 bridgehead atoms. The highest BCUT2D eigenvalue weighted by Gasteiger charge is 2.15. The number of aromatic nitrogens is 1. The Morgan fingerprint density at radius 1 is 1.09 bits per heavy atom. The number of benzene rings is 2. The van der Waals surface area contributed by atoms with E-state index in [1.807, 2.05) is 47.4 Å². The molecule has 2 aromatic carbocycles. The molecule has 1 amide bonds. The molecule has 0 atom stereocenters. The molecule has 0 radical (unpaired) electrons. The first-order valence-electron chi connectivity index (χ1n) is 11.0. The number of ether oxygens (including phenoxy) is 1. The summed E-state index contributed by atoms with van der Waals surface area (Å²) in [6, 6.07) is 19.5. The molecule has 2 aromatic heterocycles. The molecule has 184 valence electrons. The van der Waals surface area contributed by atoms with Gasteiger partial charge in [-0.3, -0.25) is 15.0 Å². The minimum absolute atomic E-state index is 0. The molecule has 2 heterocycles. The highest BCUT2D eigenvalue weighted by atomic mass is 35.5. The van der Waals surface area contributed by atoms with Crippen molar-refractivity contribution in [3.8, 4) is 5.75 Å². The quantitative estimate of drug-likeness (QED) is 0.297. The van der Waals surface area contributed by atoms with Crippen LogP contribution in [-0.4, -0.2) is 29.1 Å². The Hall–Kier alpha value is -3.62. The first-order valence-corrected chi connectivity index (χ1v) is 11.0. The first-order chi connectivity index (χ1) is 16.5. The van der Waals surface area contributed by atoms with E-state index in [1.165, 1.54) is 12.1 Å². The number of amides is 1. The zero-order valence-corrected chi connectivity index (χ0v) is 20.1. The molecule has 7 nitrogen and oxygen atoms in total. The van der Waals surface area contributed by atoms with Crippen LogP contribution in [0.4, 0.5) is 10.3 Å². The average Bonchev–Trinajstić information content (AvgIpc) is 3.48. The maximum absolute atomic E-state index is 13.4. The number of anilines is 1. The smallest absolute Gasteiger partial charge is 0.240 e. The third-order valence-corrected chi connectivity index (χ3v) is 5.13. The number of nitrogens with zero attached hydrogens (tertiary/aromatic N) is 2. The number of aryl methyl sites for hydroxylation is 1. The number of rotatable bonds is 11. The lowest BCUT2D eigenvalue weighted by Crippen LogP contribution is -2.34. The Kier molecular flexibility index (Phi) is 9.46. The summed E-state index contributed by atoms with van der Waals surface area (Å²) >= 11 is 0. The zero-order chi connectivity index (χ0) is 23.8. The molecule has 0 saturated carbocycles. The van der Waals surface area contributed by atoms with Gasteiger partial charge >= 0.3 is 0 Å². The van der Waals surface area contributed by atoms with Crippen molar-refractivity contribution in [1.82, 2.24) is 10.1 Å². The van der Waals surface area contributed by atoms with E-state index in [1.54, 1.807) is 25.3 Å². The number of carbonyl (C=O) groups is 1. The maximum atomic E-state index is 13.4. The molecule has 4 aromatic rings. The summed E-state index contributed by atoms with van der Waals surface area (Å²) < 4.78 is 29.8. The van der Waals surface area contributed by atoms with Crippen molar-refractivity contribution in [1.29, 1.82) is 0 Å². The molecule has 0 unspecified atom stereocenters. The van der Waals surface area contributed by atoms with Gasteiger partial charge in [-0.15, -0.1) is 12.4 Å². The van der Waals surface area contributed by atoms with Gasteiger partial charge in [0.2, 0.25) is 11.8 Å². The summed E-state index contributed by atoms with van der Waals surface area (Å²) in [4.78, 5) is 14.5. The largest absolute Gasteiger partial charge is 0.489 e. The van der Waals surface area contributed by atoms with E-state index in [0.717, 1.165) is 16.9 Å². The average molecular weight is 500 g/mol. The molecule has 0 aliphatic heterocycles. The Morgan fingerprint density at radius 3 is 2.66 bits per heavy atom. The van der Waals surface area contributed by atoms with Crippen molar-refractivity contribution in [2.45, 2.75) is 26.5 Å². The van der Waals surface area contributed by atoms with Gasteiger partial charge in [0.1, 0.15) is 23.9 Å². The second kappa shape index (κ2) is 12.7. The number of carbonyl (C=O) groups excluding carboxylic acids is 1. The molecule has 0 fully saturated rings. The van der Waals surface area contributed by atoms with Crippen LogP contribution in [0.3, 0.4) is 0 Å². The van der Waals surface area contributed by atoms with E-state index in [2.05, 4.69) is 10.5 Å². The van der Waals surface area contributed by atoms with Gasteiger partial charge < -0.3 is 13.7 Å². The Balaban J connectivity index is 0.00000342. The summed E-state index contributed by atoms with van der Waals surface area (Å²) in [7, 11) is 0. The molecule has 1 N–H and O–H groups in total. The van der Waals surface area contributed by atoms with Crippen LogP contribution in [0, 0.1) is 12.7 Å². The van der Waals surface area contributed by atoms with Crippen LogP contribution in [0.5, 0.6) is 5.75 Å². The number of nitrogens with one attached hydrogen (secondary N) is 1. The van der Waals surface area contributed by atoms with E-state index in [4.69, 9.17) is 13.7 Å². The molecule has 0 saturated heterocycles. The second-order valence-electron chi connectivity index (χ2n) is 7.99. The predicted molar refractivity (Wildman–Crippen MR) is 132 cm³/mol. The lowest BCUT2D eigenvalue weighted by Gasteiger charge is -2.20. The monoisotopic (exact) mass is 499 g/mol. The summed E-state index contributed by atoms with van der Waals surface area (Å²) in [5.74, 6) is 1.32. The molecule has 0 aliphatic rings. The van der Waals surface area contributed by atoms with Gasteiger partial charge in [-0.2, -0.15) is 0 Å². The third-order valence-electron chi connectivity index (χ3n) is 5.13. The van der Waals surface area contributed by atoms with Gasteiger partial charge in [-0.05, 0) is 60.9 Å². The standard InChI is InChI=1S/C26H26FN3O4.ClH/c1-19-13-26(34-29-19)28-25(31)17-30(16-24-9-4-12-32-24)11-10-20-5-3-8-23(15-20)33-18-21-6-2-7-22(27)14-21;/h2-9,12-15H,10-11,16-18H2,1H3,(H,28,31);1H. The van der Waals surface area contributed by atoms with Crippen LogP contribution in [0.15, 0.2) is 81.9 Å². The maximum Gasteiger partial charge on any atom is 0.240 e. The lowest BCUT2D eigenvalue weighted by molar-refractivity contribution is -0.117. The van der Waals surface area contributed by atoms with Crippen LogP contribution < -0.4 is 10.1 Å². The number of hydrogen-bond acceptors (Lipinski definition) is 6. The summed E-state index contributed by atoms with van der Waals surface area (Å²) in [5.41, 5.74) is 2.53. The van der Waals surface area contributed by atoms with Crippen LogP contribution in [0.1, 0.15) is 22.6 Å². The lowest BCUT2D eigenvalue weighted by atomic mass is 10.1. The number of furan rings is 1. The van der Waals surface area contributed by atoms with Gasteiger partial charge in [-0.25, -0.2) is 4.39 Å². The van der Waals surface area contributed by atoms with Crippen LogP contribution in [0.25, 0.3) is 0 Å². The molecule has 35 heavy (non-hydrogen) atoms. The van der Waals surface area contributed by atoms with Gasteiger partial charge in [-0.1, -0.05) is 29.4 Å². The van der Waals surface area contributed by atoms with E-state index < -0.39 is 0 Å². The van der Waals surface area contributed by atoms with Crippen molar-refractivity contribution in [3.63, 3.8) is 0 Å². The van der Waals surface area contributed by atoms with Gasteiger partial charge in [0.05, 0.1) is 25.0 Å². The number of halogens is 2. The Labute approximate surface area is 209 Å². The normalized spacial score (nSPS) is 10.7.